The van der Waals surface area contributed by atoms with Gasteiger partial charge in [0.15, 0.2) is 5.69 Å². The zero-order valence-corrected chi connectivity index (χ0v) is 13.6. The van der Waals surface area contributed by atoms with Crippen molar-refractivity contribution >= 4 is 40.8 Å². The molecule has 1 aromatic carbocycles. The molecule has 1 aromatic heterocycles. The molecule has 2 aromatic rings. The summed E-state index contributed by atoms with van der Waals surface area (Å²) >= 11 is 17.8. The molecule has 0 aliphatic carbocycles. The molecule has 0 radical (unpaired) electrons. The van der Waals surface area contributed by atoms with E-state index < -0.39 is 17.7 Å². The number of halogens is 6. The number of esters is 1. The molecule has 0 spiro atoms. The molecule has 0 fully saturated rings. The van der Waals surface area contributed by atoms with Crippen molar-refractivity contribution < 1.29 is 22.7 Å². The minimum atomic E-state index is -4.64. The molecule has 0 atom stereocenters. The van der Waals surface area contributed by atoms with Gasteiger partial charge in [0.05, 0.1) is 27.7 Å². The highest BCUT2D eigenvalue weighted by molar-refractivity contribution is 6.49. The van der Waals surface area contributed by atoms with Crippen LogP contribution in [0.1, 0.15) is 16.1 Å². The number of nitrogens with zero attached hydrogens (tertiary/aromatic N) is 1. The van der Waals surface area contributed by atoms with E-state index in [0.29, 0.717) is 6.20 Å². The summed E-state index contributed by atoms with van der Waals surface area (Å²) in [6.45, 7) is 0. The first kappa shape index (κ1) is 17.8. The van der Waals surface area contributed by atoms with Gasteiger partial charge in [0.2, 0.25) is 0 Å². The average Bonchev–Trinajstić information content (AvgIpc) is 2.50. The maximum atomic E-state index is 12.9. The summed E-state index contributed by atoms with van der Waals surface area (Å²) in [7, 11) is 1.09. The predicted octanol–water partition coefficient (Wildman–Crippen LogP) is 5.51. The quantitative estimate of drug-likeness (QED) is 0.506. The van der Waals surface area contributed by atoms with Gasteiger partial charge < -0.3 is 4.74 Å². The van der Waals surface area contributed by atoms with Gasteiger partial charge in [-0.05, 0) is 12.1 Å². The highest BCUT2D eigenvalue weighted by Gasteiger charge is 2.33. The van der Waals surface area contributed by atoms with Crippen LogP contribution in [0.2, 0.25) is 15.1 Å². The Hall–Kier alpha value is -1.50. The zero-order valence-electron chi connectivity index (χ0n) is 11.3. The molecular formula is C14H7Cl3F3NO2. The van der Waals surface area contributed by atoms with Gasteiger partial charge >= 0.3 is 12.1 Å². The SMILES string of the molecule is COC(=O)c1ncc(C(F)(F)F)cc1-c1ccc(Cl)c(Cl)c1Cl. The van der Waals surface area contributed by atoms with Crippen LogP contribution in [0, 0.1) is 0 Å². The first-order chi connectivity index (χ1) is 10.7. The molecule has 122 valence electrons. The van der Waals surface area contributed by atoms with E-state index in [2.05, 4.69) is 9.72 Å². The van der Waals surface area contributed by atoms with Crippen LogP contribution in [-0.4, -0.2) is 18.1 Å². The van der Waals surface area contributed by atoms with Crippen molar-refractivity contribution in [3.63, 3.8) is 0 Å². The molecule has 0 bridgehead atoms. The summed E-state index contributed by atoms with van der Waals surface area (Å²) in [4.78, 5) is 15.3. The van der Waals surface area contributed by atoms with Crippen molar-refractivity contribution in [2.75, 3.05) is 7.11 Å². The molecule has 3 nitrogen and oxygen atoms in total. The van der Waals surface area contributed by atoms with Gasteiger partial charge in [0, 0.05) is 17.3 Å². The van der Waals surface area contributed by atoms with Crippen molar-refractivity contribution in [1.29, 1.82) is 0 Å². The average molecular weight is 385 g/mol. The second-order valence-corrected chi connectivity index (χ2v) is 5.50. The van der Waals surface area contributed by atoms with E-state index in [1.165, 1.54) is 12.1 Å². The van der Waals surface area contributed by atoms with Crippen LogP contribution in [0.4, 0.5) is 13.2 Å². The third-order valence-electron chi connectivity index (χ3n) is 2.92. The lowest BCUT2D eigenvalue weighted by Gasteiger charge is -2.14. The lowest BCUT2D eigenvalue weighted by molar-refractivity contribution is -0.137. The Bertz CT molecular complexity index is 779. The highest BCUT2D eigenvalue weighted by Crippen LogP contribution is 2.40. The number of alkyl halides is 3. The van der Waals surface area contributed by atoms with Gasteiger partial charge in [0.25, 0.3) is 0 Å². The predicted molar refractivity (Wildman–Crippen MR) is 81.0 cm³/mol. The fourth-order valence-electron chi connectivity index (χ4n) is 1.82. The molecule has 0 aliphatic rings. The van der Waals surface area contributed by atoms with Crippen LogP contribution < -0.4 is 0 Å². The van der Waals surface area contributed by atoms with Gasteiger partial charge in [-0.1, -0.05) is 40.9 Å². The maximum Gasteiger partial charge on any atom is 0.417 e. The molecule has 0 aliphatic heterocycles. The van der Waals surface area contributed by atoms with E-state index in [9.17, 15) is 18.0 Å². The molecule has 0 saturated carbocycles. The summed E-state index contributed by atoms with van der Waals surface area (Å²) in [6, 6.07) is 3.46. The molecule has 1 heterocycles. The van der Waals surface area contributed by atoms with E-state index in [1.807, 2.05) is 0 Å². The number of ether oxygens (including phenoxy) is 1. The number of rotatable bonds is 2. The number of methoxy groups -OCH3 is 1. The van der Waals surface area contributed by atoms with Gasteiger partial charge in [-0.15, -0.1) is 0 Å². The van der Waals surface area contributed by atoms with E-state index in [0.717, 1.165) is 13.2 Å². The highest BCUT2D eigenvalue weighted by atomic mass is 35.5. The molecule has 2 rings (SSSR count). The molecular weight excluding hydrogens is 378 g/mol. The van der Waals surface area contributed by atoms with Crippen LogP contribution in [0.5, 0.6) is 0 Å². The van der Waals surface area contributed by atoms with Crippen LogP contribution in [0.15, 0.2) is 24.4 Å². The Morgan fingerprint density at radius 3 is 2.35 bits per heavy atom. The minimum Gasteiger partial charge on any atom is -0.464 e. The fraction of sp³-hybridized carbons (Fsp3) is 0.143. The Labute approximate surface area is 143 Å². The number of aromatic nitrogens is 1. The largest absolute Gasteiger partial charge is 0.464 e. The Kier molecular flexibility index (Phi) is 5.08. The van der Waals surface area contributed by atoms with Crippen molar-refractivity contribution in [2.24, 2.45) is 0 Å². The Morgan fingerprint density at radius 1 is 1.13 bits per heavy atom. The van der Waals surface area contributed by atoms with E-state index >= 15 is 0 Å². The van der Waals surface area contributed by atoms with Crippen LogP contribution in [0.25, 0.3) is 11.1 Å². The molecule has 9 heteroatoms. The number of pyridine rings is 1. The van der Waals surface area contributed by atoms with E-state index in [1.54, 1.807) is 0 Å². The molecule has 0 N–H and O–H groups in total. The van der Waals surface area contributed by atoms with Crippen molar-refractivity contribution in [3.8, 4) is 11.1 Å². The number of hydrogen-bond acceptors (Lipinski definition) is 3. The number of hydrogen-bond donors (Lipinski definition) is 0. The van der Waals surface area contributed by atoms with Crippen LogP contribution in [-0.2, 0) is 10.9 Å². The normalized spacial score (nSPS) is 11.4. The lowest BCUT2D eigenvalue weighted by Crippen LogP contribution is -2.11. The monoisotopic (exact) mass is 383 g/mol. The number of carbonyl (C=O) groups excluding carboxylic acids is 1. The topological polar surface area (TPSA) is 39.2 Å². The minimum absolute atomic E-state index is 0.0425. The van der Waals surface area contributed by atoms with E-state index in [-0.39, 0.29) is 31.9 Å². The molecule has 23 heavy (non-hydrogen) atoms. The fourth-order valence-corrected chi connectivity index (χ4v) is 2.46. The van der Waals surface area contributed by atoms with Gasteiger partial charge in [0.1, 0.15) is 0 Å². The summed E-state index contributed by atoms with van der Waals surface area (Å²) in [5.41, 5.74) is -1.43. The van der Waals surface area contributed by atoms with Crippen molar-refractivity contribution in [1.82, 2.24) is 4.98 Å². The summed E-state index contributed by atoms with van der Waals surface area (Å²) in [5, 5.41) is -0.00975. The number of benzene rings is 1. The molecule has 0 amide bonds. The van der Waals surface area contributed by atoms with Crippen LogP contribution >= 0.6 is 34.8 Å². The molecule has 0 unspecified atom stereocenters. The smallest absolute Gasteiger partial charge is 0.417 e. The maximum absolute atomic E-state index is 12.9. The van der Waals surface area contributed by atoms with Crippen molar-refractivity contribution in [2.45, 2.75) is 6.18 Å². The Balaban J connectivity index is 2.77. The van der Waals surface area contributed by atoms with Gasteiger partial charge in [-0.3, -0.25) is 0 Å². The number of carbonyl (C=O) groups is 1. The summed E-state index contributed by atoms with van der Waals surface area (Å²) in [5.74, 6) is -0.907. The van der Waals surface area contributed by atoms with Crippen molar-refractivity contribution in [3.05, 3.63) is 50.7 Å². The summed E-state index contributed by atoms with van der Waals surface area (Å²) < 4.78 is 43.3. The Morgan fingerprint density at radius 2 is 1.78 bits per heavy atom. The zero-order chi connectivity index (χ0) is 17.4. The third-order valence-corrected chi connectivity index (χ3v) is 4.21. The second-order valence-electron chi connectivity index (χ2n) is 4.33. The standard InChI is InChI=1S/C14H7Cl3F3NO2/c1-23-13(22)12-8(4-6(5-21-12)14(18,19)20)7-2-3-9(15)11(17)10(7)16/h2-5H,1H3. The summed E-state index contributed by atoms with van der Waals surface area (Å²) in [6.07, 6.45) is -4.10. The van der Waals surface area contributed by atoms with Crippen LogP contribution in [0.3, 0.4) is 0 Å². The van der Waals surface area contributed by atoms with Gasteiger partial charge in [-0.2, -0.15) is 13.2 Å². The lowest BCUT2D eigenvalue weighted by atomic mass is 10.0. The van der Waals surface area contributed by atoms with E-state index in [4.69, 9.17) is 34.8 Å². The first-order valence-corrected chi connectivity index (χ1v) is 7.09. The second kappa shape index (κ2) is 6.55. The third kappa shape index (κ3) is 3.54. The van der Waals surface area contributed by atoms with Gasteiger partial charge in [-0.25, -0.2) is 9.78 Å². The molecule has 0 saturated heterocycles. The first-order valence-electron chi connectivity index (χ1n) is 5.96.